The van der Waals surface area contributed by atoms with Crippen molar-refractivity contribution in [2.45, 2.75) is 26.8 Å². The van der Waals surface area contributed by atoms with E-state index < -0.39 is 0 Å². The summed E-state index contributed by atoms with van der Waals surface area (Å²) >= 11 is 1.60. The van der Waals surface area contributed by atoms with E-state index in [4.69, 9.17) is 0 Å². The van der Waals surface area contributed by atoms with Gasteiger partial charge in [-0.1, -0.05) is 6.07 Å². The molecule has 0 spiro atoms. The van der Waals surface area contributed by atoms with Crippen molar-refractivity contribution in [2.24, 2.45) is 0 Å². The molecule has 1 heterocycles. The number of rotatable bonds is 4. The third-order valence-corrected chi connectivity index (χ3v) is 3.75. The lowest BCUT2D eigenvalue weighted by Gasteiger charge is -2.15. The largest absolute Gasteiger partial charge is 0.376 e. The highest BCUT2D eigenvalue weighted by Crippen LogP contribution is 2.28. The van der Waals surface area contributed by atoms with E-state index in [0.29, 0.717) is 5.56 Å². The maximum atomic E-state index is 10.9. The van der Waals surface area contributed by atoms with Gasteiger partial charge in [0.05, 0.1) is 21.7 Å². The van der Waals surface area contributed by atoms with Crippen LogP contribution in [0.4, 0.5) is 11.4 Å². The molecule has 1 unspecified atom stereocenters. The zero-order valence-corrected chi connectivity index (χ0v) is 11.8. The van der Waals surface area contributed by atoms with Crippen molar-refractivity contribution in [3.63, 3.8) is 0 Å². The first-order valence-electron chi connectivity index (χ1n) is 5.91. The van der Waals surface area contributed by atoms with Gasteiger partial charge in [-0.2, -0.15) is 0 Å². The molecule has 0 aliphatic rings. The van der Waals surface area contributed by atoms with Crippen LogP contribution in [-0.4, -0.2) is 9.91 Å². The van der Waals surface area contributed by atoms with Crippen molar-refractivity contribution in [2.75, 3.05) is 5.32 Å². The fourth-order valence-corrected chi connectivity index (χ4v) is 2.57. The van der Waals surface area contributed by atoms with E-state index in [-0.39, 0.29) is 16.7 Å². The molecule has 1 N–H and O–H groups in total. The third kappa shape index (κ3) is 2.90. The van der Waals surface area contributed by atoms with Crippen LogP contribution in [0.1, 0.15) is 29.2 Å². The quantitative estimate of drug-likeness (QED) is 0.681. The van der Waals surface area contributed by atoms with E-state index in [2.05, 4.69) is 10.3 Å². The van der Waals surface area contributed by atoms with E-state index in [1.165, 1.54) is 6.07 Å². The predicted octanol–water partition coefficient (Wildman–Crippen LogP) is 3.84. The van der Waals surface area contributed by atoms with Gasteiger partial charge >= 0.3 is 0 Å². The SMILES string of the molecule is Cc1nc(C(C)Nc2cccc([N+](=O)[O-])c2C)cs1. The molecule has 0 saturated carbocycles. The highest BCUT2D eigenvalue weighted by atomic mass is 32.1. The second-order valence-electron chi connectivity index (χ2n) is 4.36. The van der Waals surface area contributed by atoms with Crippen LogP contribution in [0.25, 0.3) is 0 Å². The summed E-state index contributed by atoms with van der Waals surface area (Å²) in [4.78, 5) is 15.0. The van der Waals surface area contributed by atoms with Crippen molar-refractivity contribution in [1.82, 2.24) is 4.98 Å². The molecule has 0 bridgehead atoms. The summed E-state index contributed by atoms with van der Waals surface area (Å²) in [7, 11) is 0. The van der Waals surface area contributed by atoms with E-state index in [0.717, 1.165) is 16.4 Å². The molecule has 0 amide bonds. The zero-order chi connectivity index (χ0) is 14.0. The summed E-state index contributed by atoms with van der Waals surface area (Å²) in [6.45, 7) is 5.70. The molecule has 2 rings (SSSR count). The molecule has 6 heteroatoms. The number of thiazole rings is 1. The molecule has 2 aromatic rings. The Morgan fingerprint density at radius 1 is 1.42 bits per heavy atom. The summed E-state index contributed by atoms with van der Waals surface area (Å²) in [6, 6.07) is 5.06. The molecule has 1 atom stereocenters. The minimum atomic E-state index is -0.363. The minimum absolute atomic E-state index is 0.0191. The fraction of sp³-hybridized carbons (Fsp3) is 0.308. The summed E-state index contributed by atoms with van der Waals surface area (Å²) in [5, 5.41) is 17.2. The predicted molar refractivity (Wildman–Crippen MR) is 76.7 cm³/mol. The van der Waals surface area contributed by atoms with Gasteiger partial charge < -0.3 is 5.32 Å². The maximum absolute atomic E-state index is 10.9. The number of nitrogens with one attached hydrogen (secondary N) is 1. The molecule has 5 nitrogen and oxygen atoms in total. The molecule has 0 saturated heterocycles. The van der Waals surface area contributed by atoms with Crippen LogP contribution in [-0.2, 0) is 0 Å². The van der Waals surface area contributed by atoms with Crippen LogP contribution < -0.4 is 5.32 Å². The Balaban J connectivity index is 2.24. The van der Waals surface area contributed by atoms with E-state index >= 15 is 0 Å². The number of nitro benzene ring substituents is 1. The second kappa shape index (κ2) is 5.36. The average Bonchev–Trinajstić information content (AvgIpc) is 2.78. The summed E-state index contributed by atoms with van der Waals surface area (Å²) < 4.78 is 0. The first-order chi connectivity index (χ1) is 8.99. The molecule has 0 aliphatic heterocycles. The van der Waals surface area contributed by atoms with Crippen LogP contribution >= 0.6 is 11.3 Å². The minimum Gasteiger partial charge on any atom is -0.376 e. The number of hydrogen-bond donors (Lipinski definition) is 1. The van der Waals surface area contributed by atoms with Crippen LogP contribution in [0, 0.1) is 24.0 Å². The molecule has 100 valence electrons. The fourth-order valence-electron chi connectivity index (χ4n) is 1.86. The van der Waals surface area contributed by atoms with Crippen molar-refractivity contribution < 1.29 is 4.92 Å². The van der Waals surface area contributed by atoms with Gasteiger partial charge in [0.25, 0.3) is 5.69 Å². The van der Waals surface area contributed by atoms with Gasteiger partial charge in [0, 0.05) is 22.7 Å². The van der Waals surface area contributed by atoms with Crippen molar-refractivity contribution >= 4 is 22.7 Å². The summed E-state index contributed by atoms with van der Waals surface area (Å²) in [5.41, 5.74) is 2.50. The number of nitro groups is 1. The Morgan fingerprint density at radius 3 is 2.74 bits per heavy atom. The topological polar surface area (TPSA) is 68.1 Å². The lowest BCUT2D eigenvalue weighted by atomic mass is 10.1. The second-order valence-corrected chi connectivity index (χ2v) is 5.43. The van der Waals surface area contributed by atoms with Crippen molar-refractivity contribution in [1.29, 1.82) is 0 Å². The molecule has 19 heavy (non-hydrogen) atoms. The molecule has 1 aromatic heterocycles. The van der Waals surface area contributed by atoms with Crippen LogP contribution in [0.15, 0.2) is 23.6 Å². The molecular formula is C13H15N3O2S. The number of aromatic nitrogens is 1. The standard InChI is InChI=1S/C13H15N3O2S/c1-8-11(5-4-6-13(8)16(17)18)14-9(2)12-7-19-10(3)15-12/h4-7,9,14H,1-3H3. The van der Waals surface area contributed by atoms with Gasteiger partial charge in [-0.05, 0) is 26.8 Å². The highest BCUT2D eigenvalue weighted by molar-refractivity contribution is 7.09. The maximum Gasteiger partial charge on any atom is 0.274 e. The molecular weight excluding hydrogens is 262 g/mol. The van der Waals surface area contributed by atoms with E-state index in [1.54, 1.807) is 24.3 Å². The number of hydrogen-bond acceptors (Lipinski definition) is 5. The zero-order valence-electron chi connectivity index (χ0n) is 11.0. The summed E-state index contributed by atoms with van der Waals surface area (Å²) in [5.74, 6) is 0. The Bertz CT molecular complexity index is 610. The number of anilines is 1. The first-order valence-corrected chi connectivity index (χ1v) is 6.79. The van der Waals surface area contributed by atoms with Gasteiger partial charge in [0.2, 0.25) is 0 Å². The Kier molecular flexibility index (Phi) is 3.80. The first kappa shape index (κ1) is 13.5. The van der Waals surface area contributed by atoms with E-state index in [1.807, 2.05) is 25.3 Å². The summed E-state index contributed by atoms with van der Waals surface area (Å²) in [6.07, 6.45) is 0. The van der Waals surface area contributed by atoms with Gasteiger partial charge in [-0.15, -0.1) is 11.3 Å². The third-order valence-electron chi connectivity index (χ3n) is 2.95. The molecule has 1 aromatic carbocycles. The van der Waals surface area contributed by atoms with Gasteiger partial charge in [-0.3, -0.25) is 10.1 Å². The van der Waals surface area contributed by atoms with Crippen LogP contribution in [0.3, 0.4) is 0 Å². The van der Waals surface area contributed by atoms with E-state index in [9.17, 15) is 10.1 Å². The molecule has 0 radical (unpaired) electrons. The number of aryl methyl sites for hydroxylation is 1. The smallest absolute Gasteiger partial charge is 0.274 e. The van der Waals surface area contributed by atoms with Crippen molar-refractivity contribution in [3.8, 4) is 0 Å². The molecule has 0 aliphatic carbocycles. The Hall–Kier alpha value is -1.95. The van der Waals surface area contributed by atoms with Gasteiger partial charge in [0.1, 0.15) is 0 Å². The number of nitrogens with zero attached hydrogens (tertiary/aromatic N) is 2. The average molecular weight is 277 g/mol. The molecule has 0 fully saturated rings. The normalized spacial score (nSPS) is 12.2. The lowest BCUT2D eigenvalue weighted by molar-refractivity contribution is -0.385. The van der Waals surface area contributed by atoms with Crippen LogP contribution in [0.2, 0.25) is 0 Å². The Labute approximate surface area is 115 Å². The van der Waals surface area contributed by atoms with Crippen LogP contribution in [0.5, 0.6) is 0 Å². The monoisotopic (exact) mass is 277 g/mol. The Morgan fingerprint density at radius 2 is 2.16 bits per heavy atom. The highest BCUT2D eigenvalue weighted by Gasteiger charge is 2.15. The number of benzene rings is 1. The lowest BCUT2D eigenvalue weighted by Crippen LogP contribution is -2.08. The van der Waals surface area contributed by atoms with Gasteiger partial charge in [-0.25, -0.2) is 4.98 Å². The van der Waals surface area contributed by atoms with Crippen molar-refractivity contribution in [3.05, 3.63) is 50.0 Å². The van der Waals surface area contributed by atoms with Gasteiger partial charge in [0.15, 0.2) is 0 Å².